The van der Waals surface area contributed by atoms with E-state index in [-0.39, 0.29) is 5.41 Å². The number of nitrogen functional groups attached to an aromatic ring is 1. The molecule has 0 aliphatic carbocycles. The molecular formula is C15H18N2O. The smallest absolute Gasteiger partial charge is 0.132 e. The molecule has 0 fully saturated rings. The van der Waals surface area contributed by atoms with Crippen LogP contribution in [0.2, 0.25) is 0 Å². The Morgan fingerprint density at radius 1 is 1.11 bits per heavy atom. The highest BCUT2D eigenvalue weighted by Gasteiger charge is 2.18. The van der Waals surface area contributed by atoms with Gasteiger partial charge in [-0.1, -0.05) is 39.0 Å². The maximum Gasteiger partial charge on any atom is 0.132 e. The van der Waals surface area contributed by atoms with Crippen molar-refractivity contribution in [3.8, 4) is 11.5 Å². The number of hydrogen-bond donors (Lipinski definition) is 1. The topological polar surface area (TPSA) is 48.1 Å². The lowest BCUT2D eigenvalue weighted by atomic mass is 9.86. The third-order valence-electron chi connectivity index (χ3n) is 2.68. The van der Waals surface area contributed by atoms with Gasteiger partial charge >= 0.3 is 0 Å². The maximum absolute atomic E-state index is 5.90. The van der Waals surface area contributed by atoms with Crippen LogP contribution in [0.4, 0.5) is 5.82 Å². The molecular weight excluding hydrogens is 224 g/mol. The second-order valence-corrected chi connectivity index (χ2v) is 5.26. The van der Waals surface area contributed by atoms with Crippen molar-refractivity contribution in [3.05, 3.63) is 48.2 Å². The average molecular weight is 242 g/mol. The molecule has 2 rings (SSSR count). The van der Waals surface area contributed by atoms with Gasteiger partial charge in [0.2, 0.25) is 0 Å². The summed E-state index contributed by atoms with van der Waals surface area (Å²) in [6.45, 7) is 6.49. The highest BCUT2D eigenvalue weighted by molar-refractivity contribution is 5.43. The summed E-state index contributed by atoms with van der Waals surface area (Å²) in [5.74, 6) is 2.02. The summed E-state index contributed by atoms with van der Waals surface area (Å²) in [5, 5.41) is 0. The molecule has 0 atom stereocenters. The zero-order chi connectivity index (χ0) is 13.2. The van der Waals surface area contributed by atoms with Gasteiger partial charge in [0.25, 0.3) is 0 Å². The first-order valence-electron chi connectivity index (χ1n) is 5.96. The van der Waals surface area contributed by atoms with E-state index >= 15 is 0 Å². The zero-order valence-electron chi connectivity index (χ0n) is 11.0. The monoisotopic (exact) mass is 242 g/mol. The Hall–Kier alpha value is -2.03. The first kappa shape index (κ1) is 12.4. The van der Waals surface area contributed by atoms with E-state index in [2.05, 4.69) is 31.8 Å². The number of benzene rings is 1. The minimum Gasteiger partial charge on any atom is -0.457 e. The molecule has 0 unspecified atom stereocenters. The van der Waals surface area contributed by atoms with E-state index in [1.807, 2.05) is 18.2 Å². The molecule has 2 aromatic rings. The van der Waals surface area contributed by atoms with E-state index in [4.69, 9.17) is 10.5 Å². The Morgan fingerprint density at radius 3 is 2.50 bits per heavy atom. The van der Waals surface area contributed by atoms with Gasteiger partial charge in [-0.3, -0.25) is 0 Å². The standard InChI is InChI=1S/C15H18N2O/c1-15(2,3)12-6-4-5-7-13(12)18-11-8-9-17-14(16)10-11/h4-10H,1-3H3,(H2,16,17). The highest BCUT2D eigenvalue weighted by atomic mass is 16.5. The van der Waals surface area contributed by atoms with Crippen molar-refractivity contribution in [1.82, 2.24) is 4.98 Å². The fraction of sp³-hybridized carbons (Fsp3) is 0.267. The number of pyridine rings is 1. The van der Waals surface area contributed by atoms with Crippen LogP contribution < -0.4 is 10.5 Å². The molecule has 1 heterocycles. The van der Waals surface area contributed by atoms with E-state index in [1.54, 1.807) is 18.3 Å². The van der Waals surface area contributed by atoms with Gasteiger partial charge < -0.3 is 10.5 Å². The molecule has 1 aromatic carbocycles. The summed E-state index contributed by atoms with van der Waals surface area (Å²) in [4.78, 5) is 3.95. The number of hydrogen-bond acceptors (Lipinski definition) is 3. The zero-order valence-corrected chi connectivity index (χ0v) is 11.0. The molecule has 3 nitrogen and oxygen atoms in total. The summed E-state index contributed by atoms with van der Waals surface area (Å²) in [6, 6.07) is 11.6. The molecule has 1 aromatic heterocycles. The molecule has 3 heteroatoms. The van der Waals surface area contributed by atoms with Gasteiger partial charge in [-0.15, -0.1) is 0 Å². The minimum absolute atomic E-state index is 0.0369. The Kier molecular flexibility index (Phi) is 3.24. The van der Waals surface area contributed by atoms with Crippen molar-refractivity contribution < 1.29 is 4.74 Å². The summed E-state index contributed by atoms with van der Waals surface area (Å²) in [7, 11) is 0. The molecule has 0 bridgehead atoms. The van der Waals surface area contributed by atoms with Crippen molar-refractivity contribution in [3.63, 3.8) is 0 Å². The van der Waals surface area contributed by atoms with E-state index in [0.717, 1.165) is 5.75 Å². The van der Waals surface area contributed by atoms with Gasteiger partial charge in [-0.2, -0.15) is 0 Å². The molecule has 0 aliphatic rings. The highest BCUT2D eigenvalue weighted by Crippen LogP contribution is 2.33. The molecule has 0 saturated heterocycles. The van der Waals surface area contributed by atoms with Crippen LogP contribution in [-0.2, 0) is 5.41 Å². The Balaban J connectivity index is 2.35. The lowest BCUT2D eigenvalue weighted by Gasteiger charge is -2.22. The van der Waals surface area contributed by atoms with Crippen molar-refractivity contribution in [1.29, 1.82) is 0 Å². The van der Waals surface area contributed by atoms with Crippen LogP contribution in [0, 0.1) is 0 Å². The quantitative estimate of drug-likeness (QED) is 0.872. The normalized spacial score (nSPS) is 11.3. The fourth-order valence-electron chi connectivity index (χ4n) is 1.79. The van der Waals surface area contributed by atoms with E-state index in [9.17, 15) is 0 Å². The largest absolute Gasteiger partial charge is 0.457 e. The first-order chi connectivity index (χ1) is 8.47. The SMILES string of the molecule is CC(C)(C)c1ccccc1Oc1ccnc(N)c1. The van der Waals surface area contributed by atoms with Crippen LogP contribution >= 0.6 is 0 Å². The number of para-hydroxylation sites is 1. The predicted octanol–water partition coefficient (Wildman–Crippen LogP) is 3.75. The van der Waals surface area contributed by atoms with Crippen molar-refractivity contribution in [2.24, 2.45) is 0 Å². The van der Waals surface area contributed by atoms with Crippen LogP contribution in [0.3, 0.4) is 0 Å². The lowest BCUT2D eigenvalue weighted by Crippen LogP contribution is -2.12. The summed E-state index contributed by atoms with van der Waals surface area (Å²) >= 11 is 0. The number of anilines is 1. The number of nitrogens with two attached hydrogens (primary N) is 1. The van der Waals surface area contributed by atoms with Crippen molar-refractivity contribution >= 4 is 5.82 Å². The predicted molar refractivity (Wildman–Crippen MR) is 73.9 cm³/mol. The second kappa shape index (κ2) is 4.69. The third kappa shape index (κ3) is 2.80. The van der Waals surface area contributed by atoms with Gasteiger partial charge in [-0.05, 0) is 17.5 Å². The van der Waals surface area contributed by atoms with Gasteiger partial charge in [0.1, 0.15) is 17.3 Å². The maximum atomic E-state index is 5.90. The third-order valence-corrected chi connectivity index (χ3v) is 2.68. The molecule has 2 N–H and O–H groups in total. The molecule has 0 saturated carbocycles. The molecule has 18 heavy (non-hydrogen) atoms. The average Bonchev–Trinajstić information content (AvgIpc) is 2.28. The number of aromatic nitrogens is 1. The first-order valence-corrected chi connectivity index (χ1v) is 5.96. The van der Waals surface area contributed by atoms with Crippen molar-refractivity contribution in [2.75, 3.05) is 5.73 Å². The van der Waals surface area contributed by atoms with Gasteiger partial charge in [0.05, 0.1) is 0 Å². The second-order valence-electron chi connectivity index (χ2n) is 5.26. The summed E-state index contributed by atoms with van der Waals surface area (Å²) < 4.78 is 5.90. The molecule has 0 radical (unpaired) electrons. The number of nitrogens with zero attached hydrogens (tertiary/aromatic N) is 1. The van der Waals surface area contributed by atoms with Crippen molar-refractivity contribution in [2.45, 2.75) is 26.2 Å². The number of ether oxygens (including phenoxy) is 1. The molecule has 0 spiro atoms. The number of rotatable bonds is 2. The molecule has 0 aliphatic heterocycles. The van der Waals surface area contributed by atoms with Crippen LogP contribution in [0.1, 0.15) is 26.3 Å². The Bertz CT molecular complexity index is 544. The van der Waals surface area contributed by atoms with Crippen LogP contribution in [0.15, 0.2) is 42.6 Å². The van der Waals surface area contributed by atoms with Crippen LogP contribution in [0.25, 0.3) is 0 Å². The summed E-state index contributed by atoms with van der Waals surface area (Å²) in [5.41, 5.74) is 6.85. The van der Waals surface area contributed by atoms with Crippen LogP contribution in [0.5, 0.6) is 11.5 Å². The van der Waals surface area contributed by atoms with Gasteiger partial charge in [0.15, 0.2) is 0 Å². The Morgan fingerprint density at radius 2 is 1.83 bits per heavy atom. The van der Waals surface area contributed by atoms with Gasteiger partial charge in [-0.25, -0.2) is 4.98 Å². The summed E-state index contributed by atoms with van der Waals surface area (Å²) in [6.07, 6.45) is 1.64. The lowest BCUT2D eigenvalue weighted by molar-refractivity contribution is 0.455. The van der Waals surface area contributed by atoms with E-state index < -0.39 is 0 Å². The molecule has 94 valence electrons. The van der Waals surface area contributed by atoms with Gasteiger partial charge in [0, 0.05) is 17.8 Å². The van der Waals surface area contributed by atoms with E-state index in [0.29, 0.717) is 11.6 Å². The molecule has 0 amide bonds. The van der Waals surface area contributed by atoms with E-state index in [1.165, 1.54) is 5.56 Å². The minimum atomic E-state index is 0.0369. The Labute approximate surface area is 108 Å². The van der Waals surface area contributed by atoms with Crippen LogP contribution in [-0.4, -0.2) is 4.98 Å². The fourth-order valence-corrected chi connectivity index (χ4v) is 1.79.